The van der Waals surface area contributed by atoms with Crippen molar-refractivity contribution in [1.29, 1.82) is 0 Å². The number of ether oxygens (including phenoxy) is 1. The number of benzene rings is 4. The van der Waals surface area contributed by atoms with Gasteiger partial charge in [0.1, 0.15) is 11.4 Å². The Balaban J connectivity index is 1.52. The first-order valence-corrected chi connectivity index (χ1v) is 14.9. The smallest absolute Gasteiger partial charge is 0.272 e. The lowest BCUT2D eigenvalue weighted by molar-refractivity contribution is -0.116. The molecule has 0 aromatic heterocycles. The normalized spacial score (nSPS) is 11.8. The van der Waals surface area contributed by atoms with E-state index in [1.54, 1.807) is 86.0 Å². The molecule has 4 rings (SSSR count). The van der Waals surface area contributed by atoms with Crippen LogP contribution in [0.3, 0.4) is 0 Å². The number of hydrogen-bond acceptors (Lipinski definition) is 5. The van der Waals surface area contributed by atoms with Crippen LogP contribution in [-0.2, 0) is 9.59 Å². The predicted octanol–water partition coefficient (Wildman–Crippen LogP) is 7.58. The second-order valence-electron chi connectivity index (χ2n) is 9.55. The van der Waals surface area contributed by atoms with Gasteiger partial charge in [0, 0.05) is 26.9 Å². The molecule has 0 heterocycles. The maximum absolute atomic E-state index is 13.5. The number of amides is 3. The van der Waals surface area contributed by atoms with Gasteiger partial charge in [-0.05, 0) is 85.1 Å². The number of nitrogens with one attached hydrogen (secondary N) is 3. The fourth-order valence-electron chi connectivity index (χ4n) is 4.13. The van der Waals surface area contributed by atoms with Crippen molar-refractivity contribution in [3.63, 3.8) is 0 Å². The second kappa shape index (κ2) is 15.1. The van der Waals surface area contributed by atoms with E-state index in [0.29, 0.717) is 39.7 Å². The first-order valence-electron chi connectivity index (χ1n) is 13.6. The summed E-state index contributed by atoms with van der Waals surface area (Å²) in [5.74, 6) is -0.441. The predicted molar refractivity (Wildman–Crippen MR) is 175 cm³/mol. The number of carbonyl (C=O) groups excluding carboxylic acids is 3. The molecule has 9 heteroatoms. The summed E-state index contributed by atoms with van der Waals surface area (Å²) in [7, 11) is 1.56. The Labute approximate surface area is 260 Å². The number of carbonyl (C=O) groups is 3. The van der Waals surface area contributed by atoms with E-state index in [2.05, 4.69) is 16.0 Å². The highest BCUT2D eigenvalue weighted by atomic mass is 35.5. The third-order valence-corrected chi connectivity index (χ3v) is 8.26. The molecule has 1 unspecified atom stereocenters. The standard InChI is InChI=1S/C34H32ClN3O4S/c1-4-31(34(41)37-29-18-10-17-28(35)22(29)2)43-27-16-9-14-25(21-27)36-33(40)30(20-23-11-8-15-26(19-23)42-3)38-32(39)24-12-6-5-7-13-24/h5-21,31H,4H2,1-3H3,(H,36,40)(H,37,41)(H,38,39)/b30-20-. The highest BCUT2D eigenvalue weighted by molar-refractivity contribution is 8.00. The summed E-state index contributed by atoms with van der Waals surface area (Å²) in [6.45, 7) is 3.80. The molecule has 0 saturated heterocycles. The lowest BCUT2D eigenvalue weighted by atomic mass is 10.1. The van der Waals surface area contributed by atoms with Gasteiger partial charge in [0.15, 0.2) is 0 Å². The molecule has 0 spiro atoms. The van der Waals surface area contributed by atoms with Crippen molar-refractivity contribution >= 4 is 58.5 Å². The average molecular weight is 614 g/mol. The van der Waals surface area contributed by atoms with Gasteiger partial charge < -0.3 is 20.7 Å². The van der Waals surface area contributed by atoms with E-state index in [1.165, 1.54) is 11.8 Å². The van der Waals surface area contributed by atoms with E-state index in [1.807, 2.05) is 38.1 Å². The molecule has 1 atom stereocenters. The molecule has 0 radical (unpaired) electrons. The third kappa shape index (κ3) is 8.73. The summed E-state index contributed by atoms with van der Waals surface area (Å²) >= 11 is 7.61. The fraction of sp³-hybridized carbons (Fsp3) is 0.147. The van der Waals surface area contributed by atoms with Gasteiger partial charge in [0.2, 0.25) is 5.91 Å². The highest BCUT2D eigenvalue weighted by Gasteiger charge is 2.20. The highest BCUT2D eigenvalue weighted by Crippen LogP contribution is 2.30. The van der Waals surface area contributed by atoms with E-state index in [0.717, 1.165) is 10.5 Å². The van der Waals surface area contributed by atoms with Gasteiger partial charge in [-0.25, -0.2) is 0 Å². The zero-order valence-electron chi connectivity index (χ0n) is 24.0. The topological polar surface area (TPSA) is 96.5 Å². The number of thioether (sulfide) groups is 1. The van der Waals surface area contributed by atoms with Gasteiger partial charge in [0.25, 0.3) is 11.8 Å². The third-order valence-electron chi connectivity index (χ3n) is 6.49. The van der Waals surface area contributed by atoms with E-state index >= 15 is 0 Å². The van der Waals surface area contributed by atoms with Crippen molar-refractivity contribution < 1.29 is 19.1 Å². The SMILES string of the molecule is CCC(Sc1cccc(NC(=O)/C(=C/c2cccc(OC)c2)NC(=O)c2ccccc2)c1)C(=O)Nc1cccc(Cl)c1C. The summed E-state index contributed by atoms with van der Waals surface area (Å²) in [4.78, 5) is 40.4. The Kier molecular flexibility index (Phi) is 11.0. The Hall–Kier alpha value is -4.53. The Morgan fingerprint density at radius 1 is 0.907 bits per heavy atom. The van der Waals surface area contributed by atoms with Crippen LogP contribution in [0.25, 0.3) is 6.08 Å². The van der Waals surface area contributed by atoms with Crippen LogP contribution in [0.1, 0.15) is 34.8 Å². The number of halogens is 1. The molecule has 4 aromatic rings. The van der Waals surface area contributed by atoms with Crippen LogP contribution in [0.15, 0.2) is 108 Å². The van der Waals surface area contributed by atoms with Crippen LogP contribution in [-0.4, -0.2) is 30.1 Å². The van der Waals surface area contributed by atoms with E-state index in [4.69, 9.17) is 16.3 Å². The lowest BCUT2D eigenvalue weighted by Crippen LogP contribution is -2.30. The molecule has 43 heavy (non-hydrogen) atoms. The van der Waals surface area contributed by atoms with E-state index in [9.17, 15) is 14.4 Å². The zero-order chi connectivity index (χ0) is 30.8. The monoisotopic (exact) mass is 613 g/mol. The summed E-state index contributed by atoms with van der Waals surface area (Å²) in [5, 5.41) is 8.81. The van der Waals surface area contributed by atoms with E-state index < -0.39 is 11.8 Å². The van der Waals surface area contributed by atoms with Gasteiger partial charge in [-0.3, -0.25) is 14.4 Å². The van der Waals surface area contributed by atoms with Gasteiger partial charge >= 0.3 is 0 Å². The molecule has 0 saturated carbocycles. The zero-order valence-corrected chi connectivity index (χ0v) is 25.6. The van der Waals surface area contributed by atoms with Crippen molar-refractivity contribution in [2.75, 3.05) is 17.7 Å². The summed E-state index contributed by atoms with van der Waals surface area (Å²) < 4.78 is 5.30. The molecular formula is C34H32ClN3O4S. The Morgan fingerprint density at radius 3 is 2.40 bits per heavy atom. The molecule has 3 N–H and O–H groups in total. The summed E-state index contributed by atoms with van der Waals surface area (Å²) in [5.41, 5.74) is 3.14. The van der Waals surface area contributed by atoms with Crippen LogP contribution < -0.4 is 20.7 Å². The van der Waals surface area contributed by atoms with Crippen LogP contribution in [0.4, 0.5) is 11.4 Å². The minimum absolute atomic E-state index is 0.0582. The quantitative estimate of drug-likeness (QED) is 0.120. The molecule has 7 nitrogen and oxygen atoms in total. The average Bonchev–Trinajstić information content (AvgIpc) is 3.02. The molecule has 0 fully saturated rings. The number of methoxy groups -OCH3 is 1. The van der Waals surface area contributed by atoms with Gasteiger partial charge in [-0.2, -0.15) is 0 Å². The molecule has 0 aliphatic rings. The van der Waals surface area contributed by atoms with Gasteiger partial charge in [-0.15, -0.1) is 11.8 Å². The number of anilines is 2. The molecule has 220 valence electrons. The van der Waals surface area contributed by atoms with E-state index in [-0.39, 0.29) is 16.9 Å². The van der Waals surface area contributed by atoms with Crippen molar-refractivity contribution in [1.82, 2.24) is 5.32 Å². The second-order valence-corrected chi connectivity index (χ2v) is 11.2. The maximum atomic E-state index is 13.5. The summed E-state index contributed by atoms with van der Waals surface area (Å²) in [6, 6.07) is 28.5. The molecule has 0 aliphatic carbocycles. The molecular weight excluding hydrogens is 582 g/mol. The van der Waals surface area contributed by atoms with Gasteiger partial charge in [0.05, 0.1) is 12.4 Å². The van der Waals surface area contributed by atoms with Crippen LogP contribution >= 0.6 is 23.4 Å². The van der Waals surface area contributed by atoms with Crippen molar-refractivity contribution in [2.24, 2.45) is 0 Å². The largest absolute Gasteiger partial charge is 0.497 e. The molecule has 0 aliphatic heterocycles. The van der Waals surface area contributed by atoms with Gasteiger partial charge in [-0.1, -0.05) is 61.0 Å². The van der Waals surface area contributed by atoms with Crippen LogP contribution in [0, 0.1) is 6.92 Å². The molecule has 3 amide bonds. The minimum Gasteiger partial charge on any atom is -0.497 e. The first-order chi connectivity index (χ1) is 20.8. The Bertz CT molecular complexity index is 1640. The number of rotatable bonds is 11. The molecule has 4 aromatic carbocycles. The van der Waals surface area contributed by atoms with Crippen molar-refractivity contribution in [3.05, 3.63) is 124 Å². The maximum Gasteiger partial charge on any atom is 0.272 e. The first kappa shape index (κ1) is 31.4. The molecule has 0 bridgehead atoms. The van der Waals surface area contributed by atoms with Crippen LogP contribution in [0.2, 0.25) is 5.02 Å². The summed E-state index contributed by atoms with van der Waals surface area (Å²) in [6.07, 6.45) is 2.18. The lowest BCUT2D eigenvalue weighted by Gasteiger charge is -2.17. The Morgan fingerprint density at radius 2 is 1.65 bits per heavy atom. The fourth-order valence-corrected chi connectivity index (χ4v) is 5.32. The van der Waals surface area contributed by atoms with Crippen molar-refractivity contribution in [3.8, 4) is 5.75 Å². The van der Waals surface area contributed by atoms with Crippen molar-refractivity contribution in [2.45, 2.75) is 30.4 Å². The minimum atomic E-state index is -0.504. The van der Waals surface area contributed by atoms with Crippen LogP contribution in [0.5, 0.6) is 5.75 Å². The number of hydrogen-bond donors (Lipinski definition) is 3.